The third-order valence-electron chi connectivity index (χ3n) is 3.49. The third-order valence-corrected chi connectivity index (χ3v) is 3.49. The molecule has 0 nitrogen and oxygen atoms in total. The Morgan fingerprint density at radius 3 is 1.75 bits per heavy atom. The van der Waals surface area contributed by atoms with Gasteiger partial charge in [0.05, 0.1) is 0 Å². The van der Waals surface area contributed by atoms with E-state index in [0.29, 0.717) is 25.2 Å². The Hall–Kier alpha value is 1.49. The van der Waals surface area contributed by atoms with Crippen LogP contribution in [0.3, 0.4) is 0 Å². The van der Waals surface area contributed by atoms with Gasteiger partial charge in [-0.15, -0.1) is 0 Å². The van der Waals surface area contributed by atoms with Gasteiger partial charge in [0.25, 0.3) is 0 Å². The maximum Gasteiger partial charge on any atom is 1.00 e. The van der Waals surface area contributed by atoms with Crippen LogP contribution in [0.4, 0.5) is 12.9 Å². The predicted molar refractivity (Wildman–Crippen MR) is 38.3 cm³/mol. The molecule has 2 aliphatic rings. The van der Waals surface area contributed by atoms with Gasteiger partial charge < -0.3 is 12.9 Å². The first-order valence-corrected chi connectivity index (χ1v) is 4.23. The zero-order valence-electron chi connectivity index (χ0n) is 7.32. The van der Waals surface area contributed by atoms with Crippen LogP contribution in [0.15, 0.2) is 0 Å². The van der Waals surface area contributed by atoms with Crippen LogP contribution in [-0.2, 0) is 0 Å². The van der Waals surface area contributed by atoms with Gasteiger partial charge in [0.2, 0.25) is 0 Å². The molecule has 5 heteroatoms. The fraction of sp³-hybridized carbons (Fsp3) is 1.00. The van der Waals surface area contributed by atoms with Crippen molar-refractivity contribution in [2.24, 2.45) is 5.92 Å². The van der Waals surface area contributed by atoms with Crippen LogP contribution in [0, 0.1) is 5.92 Å². The molecule has 0 radical (unpaired) electrons. The van der Waals surface area contributed by atoms with Crippen LogP contribution in [-0.4, -0.2) is 6.98 Å². The molecule has 0 amide bonds. The van der Waals surface area contributed by atoms with Gasteiger partial charge in [-0.05, 0) is 5.92 Å². The minimum absolute atomic E-state index is 0. The van der Waals surface area contributed by atoms with Crippen molar-refractivity contribution in [3.63, 3.8) is 0 Å². The van der Waals surface area contributed by atoms with Gasteiger partial charge in [-0.1, -0.05) is 37.4 Å². The molecular weight excluding hydrogens is 191 g/mol. The molecule has 0 aromatic carbocycles. The number of fused-ring (bicyclic) bond motifs is 2. The third kappa shape index (κ3) is 1.67. The summed E-state index contributed by atoms with van der Waals surface area (Å²) in [5.74, 6) is 0.401. The first-order valence-electron chi connectivity index (χ1n) is 4.23. The van der Waals surface area contributed by atoms with E-state index < -0.39 is 12.3 Å². The van der Waals surface area contributed by atoms with Crippen molar-refractivity contribution in [3.05, 3.63) is 0 Å². The molecule has 0 aromatic heterocycles. The molecule has 2 bridgehead atoms. The molecule has 2 rings (SSSR count). The Balaban J connectivity index is 0.000000720. The molecule has 0 aromatic rings. The Labute approximate surface area is 113 Å². The molecule has 2 fully saturated rings. The van der Waals surface area contributed by atoms with Crippen molar-refractivity contribution in [2.45, 2.75) is 37.4 Å². The largest absolute Gasteiger partial charge is 1.00 e. The van der Waals surface area contributed by atoms with Gasteiger partial charge in [0.15, 0.2) is 0 Å². The molecule has 64 valence electrons. The summed E-state index contributed by atoms with van der Waals surface area (Å²) in [5.41, 5.74) is 0. The summed E-state index contributed by atoms with van der Waals surface area (Å²) in [6.07, 6.45) is 2.92. The average molecular weight is 202 g/mol. The Morgan fingerprint density at radius 1 is 1.08 bits per heavy atom. The summed E-state index contributed by atoms with van der Waals surface area (Å²) < 4.78 is 37.5. The normalized spacial score (nSPS) is 39.8. The molecule has 0 atom stereocenters. The van der Waals surface area contributed by atoms with Crippen LogP contribution in [0.2, 0.25) is 5.31 Å². The Bertz CT molecular complexity index is 172. The van der Waals surface area contributed by atoms with Crippen LogP contribution in [0.25, 0.3) is 0 Å². The maximum atomic E-state index is 12.5. The van der Waals surface area contributed by atoms with E-state index >= 15 is 0 Å². The number of hydrogen-bond acceptors (Lipinski definition) is 0. The molecule has 0 unspecified atom stereocenters. The summed E-state index contributed by atoms with van der Waals surface area (Å²) >= 11 is 0. The van der Waals surface area contributed by atoms with Crippen molar-refractivity contribution >= 4 is 6.98 Å². The van der Waals surface area contributed by atoms with Gasteiger partial charge in [-0.2, -0.15) is 0 Å². The van der Waals surface area contributed by atoms with Gasteiger partial charge in [0.1, 0.15) is 0 Å². The predicted octanol–water partition coefficient (Wildman–Crippen LogP) is 0.172. The molecule has 0 N–H and O–H groups in total. The maximum absolute atomic E-state index is 12.5. The molecule has 0 spiro atoms. The second-order valence-electron chi connectivity index (χ2n) is 4.08. The summed E-state index contributed by atoms with van der Waals surface area (Å²) in [5, 5.41) is -1.19. The monoisotopic (exact) mass is 202 g/mol. The fourth-order valence-corrected chi connectivity index (χ4v) is 2.70. The molecule has 0 saturated heterocycles. The van der Waals surface area contributed by atoms with Crippen LogP contribution < -0.4 is 51.4 Å². The standard InChI is InChI=1S/C7H11BF3.K/c9-8(10,11)7-3-1-6(5-7)2-4-7;/h6H,1-5H2;/q-1;+1. The summed E-state index contributed by atoms with van der Waals surface area (Å²) in [6.45, 7) is -4.56. The van der Waals surface area contributed by atoms with Crippen molar-refractivity contribution in [3.8, 4) is 0 Å². The van der Waals surface area contributed by atoms with Crippen molar-refractivity contribution in [2.75, 3.05) is 0 Å². The fourth-order valence-electron chi connectivity index (χ4n) is 2.70. The minimum atomic E-state index is -4.56. The van der Waals surface area contributed by atoms with Gasteiger partial charge >= 0.3 is 58.4 Å². The second kappa shape index (κ2) is 3.57. The molecule has 0 aliphatic heterocycles. The van der Waals surface area contributed by atoms with Crippen molar-refractivity contribution in [1.29, 1.82) is 0 Å². The summed E-state index contributed by atoms with van der Waals surface area (Å²) in [4.78, 5) is 0. The van der Waals surface area contributed by atoms with Crippen molar-refractivity contribution in [1.82, 2.24) is 0 Å². The summed E-state index contributed by atoms with van der Waals surface area (Å²) in [6, 6.07) is 0. The molecular formula is C7H11BF3K. The smallest absolute Gasteiger partial charge is 0.449 e. The first-order chi connectivity index (χ1) is 5.04. The van der Waals surface area contributed by atoms with E-state index in [1.165, 1.54) is 0 Å². The quantitative estimate of drug-likeness (QED) is 0.532. The van der Waals surface area contributed by atoms with E-state index in [-0.39, 0.29) is 51.4 Å². The van der Waals surface area contributed by atoms with E-state index in [0.717, 1.165) is 12.8 Å². The first kappa shape index (κ1) is 11.6. The van der Waals surface area contributed by atoms with E-state index in [1.54, 1.807) is 0 Å². The van der Waals surface area contributed by atoms with E-state index in [4.69, 9.17) is 0 Å². The zero-order valence-corrected chi connectivity index (χ0v) is 10.4. The van der Waals surface area contributed by atoms with E-state index in [9.17, 15) is 12.9 Å². The average Bonchev–Trinajstić information content (AvgIpc) is 2.42. The SMILES string of the molecule is F[B-](F)(F)C12CCC(CC1)C2.[K+]. The minimum Gasteiger partial charge on any atom is -0.449 e. The van der Waals surface area contributed by atoms with Gasteiger partial charge in [-0.3, -0.25) is 0 Å². The van der Waals surface area contributed by atoms with Gasteiger partial charge in [0, 0.05) is 0 Å². The molecule has 2 aliphatic carbocycles. The van der Waals surface area contributed by atoms with Crippen LogP contribution >= 0.6 is 0 Å². The second-order valence-corrected chi connectivity index (χ2v) is 4.08. The molecule has 0 heterocycles. The van der Waals surface area contributed by atoms with Crippen LogP contribution in [0.5, 0.6) is 0 Å². The molecule has 2 saturated carbocycles. The van der Waals surface area contributed by atoms with Gasteiger partial charge in [-0.25, -0.2) is 0 Å². The van der Waals surface area contributed by atoms with Crippen LogP contribution in [0.1, 0.15) is 32.1 Å². The number of rotatable bonds is 1. The zero-order chi connectivity index (χ0) is 8.11. The van der Waals surface area contributed by atoms with E-state index in [2.05, 4.69) is 0 Å². The van der Waals surface area contributed by atoms with E-state index in [1.807, 2.05) is 0 Å². The summed E-state index contributed by atoms with van der Waals surface area (Å²) in [7, 11) is 0. The Morgan fingerprint density at radius 2 is 1.58 bits per heavy atom. The Kier molecular flexibility index (Phi) is 3.44. The number of halogens is 3. The van der Waals surface area contributed by atoms with Crippen molar-refractivity contribution < 1.29 is 64.3 Å². The topological polar surface area (TPSA) is 0 Å². The number of hydrogen-bond donors (Lipinski definition) is 0. The molecule has 12 heavy (non-hydrogen) atoms.